The molecule has 35 heavy (non-hydrogen) atoms. The summed E-state index contributed by atoms with van der Waals surface area (Å²) in [6, 6.07) is 11.8. The van der Waals surface area contributed by atoms with E-state index in [-0.39, 0.29) is 12.5 Å². The number of carbonyl (C=O) groups excluding carboxylic acids is 1. The van der Waals surface area contributed by atoms with Gasteiger partial charge in [0.15, 0.2) is 17.5 Å². The molecule has 1 saturated heterocycles. The largest absolute Gasteiger partial charge is 0.369 e. The van der Waals surface area contributed by atoms with Crippen molar-refractivity contribution in [2.45, 2.75) is 32.5 Å². The van der Waals surface area contributed by atoms with E-state index in [1.165, 1.54) is 6.07 Å². The van der Waals surface area contributed by atoms with Gasteiger partial charge in [-0.3, -0.25) is 14.8 Å². The first-order valence-corrected chi connectivity index (χ1v) is 11.8. The fourth-order valence-corrected chi connectivity index (χ4v) is 4.87. The van der Waals surface area contributed by atoms with Crippen LogP contribution in [0.5, 0.6) is 0 Å². The van der Waals surface area contributed by atoms with Crippen molar-refractivity contribution in [1.29, 1.82) is 0 Å². The van der Waals surface area contributed by atoms with Crippen LogP contribution < -0.4 is 10.2 Å². The molecule has 0 unspecified atom stereocenters. The second-order valence-corrected chi connectivity index (χ2v) is 9.85. The Morgan fingerprint density at radius 2 is 1.80 bits per heavy atom. The number of nitrogens with one attached hydrogen (secondary N) is 2. The molecule has 9 heteroatoms. The highest BCUT2D eigenvalue weighted by atomic mass is 19.2. The molecule has 2 aliphatic rings. The second kappa shape index (κ2) is 9.05. The normalized spacial score (nSPS) is 18.0. The average molecular weight is 481 g/mol. The predicted molar refractivity (Wildman–Crippen MR) is 131 cm³/mol. The van der Waals surface area contributed by atoms with Crippen LogP contribution >= 0.6 is 0 Å². The number of rotatable bonds is 5. The number of H-pyrrole nitrogens is 1. The number of nitrogens with zero attached hydrogens (tertiary/aromatic N) is 4. The van der Waals surface area contributed by atoms with Crippen molar-refractivity contribution < 1.29 is 13.6 Å². The van der Waals surface area contributed by atoms with Crippen LogP contribution in [0, 0.1) is 11.6 Å². The highest BCUT2D eigenvalue weighted by Gasteiger charge is 2.41. The van der Waals surface area contributed by atoms with Crippen LogP contribution in [0.4, 0.5) is 20.3 Å². The molecule has 0 saturated carbocycles. The fourth-order valence-electron chi connectivity index (χ4n) is 4.87. The molecule has 184 valence electrons. The molecule has 0 spiro atoms. The monoisotopic (exact) mass is 480 g/mol. The number of hydrogen-bond acceptors (Lipinski definition) is 5. The molecule has 0 atom stereocenters. The van der Waals surface area contributed by atoms with Gasteiger partial charge in [0, 0.05) is 61.6 Å². The van der Waals surface area contributed by atoms with Crippen molar-refractivity contribution in [3.8, 4) is 0 Å². The van der Waals surface area contributed by atoms with E-state index < -0.39 is 17.2 Å². The molecule has 2 N–H and O–H groups in total. The summed E-state index contributed by atoms with van der Waals surface area (Å²) in [4.78, 5) is 19.6. The van der Waals surface area contributed by atoms with E-state index >= 15 is 0 Å². The van der Waals surface area contributed by atoms with Crippen molar-refractivity contribution in [3.05, 3.63) is 76.5 Å². The summed E-state index contributed by atoms with van der Waals surface area (Å²) < 4.78 is 28.0. The number of likely N-dealkylation sites (N-methyl/N-ethyl adjacent to an activating group) is 1. The van der Waals surface area contributed by atoms with Crippen LogP contribution in [0.25, 0.3) is 0 Å². The molecule has 2 aliphatic heterocycles. The first kappa shape index (κ1) is 23.4. The quantitative estimate of drug-likeness (QED) is 0.579. The zero-order valence-electron chi connectivity index (χ0n) is 20.2. The topological polar surface area (TPSA) is 67.5 Å². The summed E-state index contributed by atoms with van der Waals surface area (Å²) in [6.45, 7) is 8.65. The number of amides is 1. The van der Waals surface area contributed by atoms with Gasteiger partial charge in [0.2, 0.25) is 0 Å². The molecule has 3 aromatic rings. The Morgan fingerprint density at radius 3 is 2.51 bits per heavy atom. The maximum atomic E-state index is 14.3. The Bertz CT molecular complexity index is 1230. The van der Waals surface area contributed by atoms with Crippen molar-refractivity contribution in [1.82, 2.24) is 20.0 Å². The average Bonchev–Trinajstić information content (AvgIpc) is 3.35. The third-order valence-corrected chi connectivity index (χ3v) is 7.24. The van der Waals surface area contributed by atoms with Crippen LogP contribution in [0.15, 0.2) is 42.5 Å². The Hall–Kier alpha value is -3.30. The molecule has 0 radical (unpaired) electrons. The van der Waals surface area contributed by atoms with Crippen LogP contribution in [0.3, 0.4) is 0 Å². The van der Waals surface area contributed by atoms with E-state index in [1.807, 2.05) is 43.0 Å². The number of aromatic amines is 1. The lowest BCUT2D eigenvalue weighted by Crippen LogP contribution is -2.44. The van der Waals surface area contributed by atoms with E-state index in [1.54, 1.807) is 6.07 Å². The Kier molecular flexibility index (Phi) is 6.06. The second-order valence-electron chi connectivity index (χ2n) is 9.85. The van der Waals surface area contributed by atoms with Crippen molar-refractivity contribution in [2.75, 3.05) is 43.4 Å². The van der Waals surface area contributed by atoms with E-state index in [2.05, 4.69) is 32.4 Å². The fraction of sp³-hybridized carbons (Fsp3) is 0.385. The smallest absolute Gasteiger partial charge is 0.256 e. The number of anilines is 2. The third-order valence-electron chi connectivity index (χ3n) is 7.24. The molecule has 0 bridgehead atoms. The van der Waals surface area contributed by atoms with Crippen molar-refractivity contribution >= 4 is 17.4 Å². The molecule has 1 aromatic heterocycles. The number of fused-ring (bicyclic) bond motifs is 1. The van der Waals surface area contributed by atoms with Gasteiger partial charge >= 0.3 is 0 Å². The number of piperazine rings is 1. The van der Waals surface area contributed by atoms with Crippen LogP contribution in [-0.4, -0.2) is 59.1 Å². The lowest BCUT2D eigenvalue weighted by molar-refractivity contribution is 0.102. The van der Waals surface area contributed by atoms with Gasteiger partial charge in [-0.05, 0) is 51.2 Å². The van der Waals surface area contributed by atoms with Crippen molar-refractivity contribution in [3.63, 3.8) is 0 Å². The highest BCUT2D eigenvalue weighted by molar-refractivity contribution is 6.04. The van der Waals surface area contributed by atoms with Crippen LogP contribution in [0.1, 0.15) is 41.0 Å². The standard InChI is InChI=1S/C26H30F2N6O/c1-26(2)23-20(16-34(26)15-18-5-4-6-21(27)22(18)28)24(31-30-23)29-25(35)17-7-9-19(10-8-17)33-13-11-32(3)12-14-33/h4-10H,11-16H2,1-3H3,(H2,29,30,31,35). The Balaban J connectivity index is 1.29. The predicted octanol–water partition coefficient (Wildman–Crippen LogP) is 3.94. The molecular weight excluding hydrogens is 450 g/mol. The molecule has 2 aromatic carbocycles. The minimum absolute atomic E-state index is 0.236. The lowest BCUT2D eigenvalue weighted by atomic mass is 10.00. The minimum Gasteiger partial charge on any atom is -0.369 e. The SMILES string of the molecule is CN1CCN(c2ccc(C(=O)Nc3n[nH]c4c3CN(Cc3cccc(F)c3F)C4(C)C)cc2)CC1. The third kappa shape index (κ3) is 4.41. The number of aromatic nitrogens is 2. The highest BCUT2D eigenvalue weighted by Crippen LogP contribution is 2.41. The molecular formula is C26H30F2N6O. The zero-order valence-corrected chi connectivity index (χ0v) is 20.2. The summed E-state index contributed by atoms with van der Waals surface area (Å²) >= 11 is 0. The minimum atomic E-state index is -0.855. The Morgan fingerprint density at radius 1 is 1.09 bits per heavy atom. The van der Waals surface area contributed by atoms with Crippen LogP contribution in [-0.2, 0) is 18.6 Å². The summed E-state index contributed by atoms with van der Waals surface area (Å²) in [5, 5.41) is 10.3. The summed E-state index contributed by atoms with van der Waals surface area (Å²) in [5.74, 6) is -1.46. The van der Waals surface area contributed by atoms with Crippen LogP contribution in [0.2, 0.25) is 0 Å². The summed E-state index contributed by atoms with van der Waals surface area (Å²) in [7, 11) is 2.12. The van der Waals surface area contributed by atoms with Gasteiger partial charge in [-0.2, -0.15) is 5.10 Å². The van der Waals surface area contributed by atoms with Gasteiger partial charge < -0.3 is 15.1 Å². The molecule has 3 heterocycles. The van der Waals surface area contributed by atoms with Gasteiger partial charge in [-0.25, -0.2) is 8.78 Å². The van der Waals surface area contributed by atoms with Gasteiger partial charge in [-0.15, -0.1) is 0 Å². The van der Waals surface area contributed by atoms with Gasteiger partial charge in [-0.1, -0.05) is 12.1 Å². The number of carbonyl (C=O) groups is 1. The molecule has 1 fully saturated rings. The van der Waals surface area contributed by atoms with Gasteiger partial charge in [0.25, 0.3) is 5.91 Å². The molecule has 7 nitrogen and oxygen atoms in total. The summed E-state index contributed by atoms with van der Waals surface area (Å²) in [6.07, 6.45) is 0. The van der Waals surface area contributed by atoms with Gasteiger partial charge in [0.1, 0.15) is 0 Å². The van der Waals surface area contributed by atoms with Gasteiger partial charge in [0.05, 0.1) is 11.2 Å². The maximum absolute atomic E-state index is 14.3. The lowest BCUT2D eigenvalue weighted by Gasteiger charge is -2.34. The van der Waals surface area contributed by atoms with E-state index in [0.717, 1.165) is 49.2 Å². The Labute approximate surface area is 203 Å². The van der Waals surface area contributed by atoms with E-state index in [0.29, 0.717) is 23.5 Å². The zero-order chi connectivity index (χ0) is 24.7. The molecule has 5 rings (SSSR count). The van der Waals surface area contributed by atoms with Crippen molar-refractivity contribution in [2.24, 2.45) is 0 Å². The number of hydrogen-bond donors (Lipinski definition) is 2. The number of halogens is 2. The first-order chi connectivity index (χ1) is 16.7. The molecule has 0 aliphatic carbocycles. The van der Waals surface area contributed by atoms with E-state index in [4.69, 9.17) is 0 Å². The molecule has 1 amide bonds. The first-order valence-electron chi connectivity index (χ1n) is 11.8. The number of benzene rings is 2. The maximum Gasteiger partial charge on any atom is 0.256 e. The summed E-state index contributed by atoms with van der Waals surface area (Å²) in [5.41, 5.74) is 3.17. The van der Waals surface area contributed by atoms with E-state index in [9.17, 15) is 13.6 Å².